The van der Waals surface area contributed by atoms with Crippen molar-refractivity contribution >= 4 is 34.7 Å². The van der Waals surface area contributed by atoms with Gasteiger partial charge < -0.3 is 14.5 Å². The molecule has 2 aromatic carbocycles. The van der Waals surface area contributed by atoms with E-state index in [0.29, 0.717) is 34.8 Å². The molecule has 0 aromatic heterocycles. The summed E-state index contributed by atoms with van der Waals surface area (Å²) in [4.78, 5) is 32.1. The van der Waals surface area contributed by atoms with Gasteiger partial charge >= 0.3 is 0 Å². The molecule has 2 aromatic rings. The summed E-state index contributed by atoms with van der Waals surface area (Å²) in [5.74, 6) is 0.686. The van der Waals surface area contributed by atoms with Crippen molar-refractivity contribution in [2.45, 2.75) is 45.7 Å². The first-order valence-electron chi connectivity index (χ1n) is 11.5. The van der Waals surface area contributed by atoms with Crippen LogP contribution < -0.4 is 14.5 Å². The van der Waals surface area contributed by atoms with E-state index in [1.807, 2.05) is 11.0 Å². The maximum Gasteiger partial charge on any atom is 0.231 e. The first kappa shape index (κ1) is 23.6. The molecular weight excluding hydrogens is 438 g/mol. The smallest absolute Gasteiger partial charge is 0.231 e. The summed E-state index contributed by atoms with van der Waals surface area (Å²) in [5, 5.41) is 0.389. The molecule has 1 fully saturated rings. The highest BCUT2D eigenvalue weighted by atomic mass is 35.5. The van der Waals surface area contributed by atoms with E-state index in [1.54, 1.807) is 19.2 Å². The molecule has 2 aliphatic heterocycles. The number of ketones is 1. The molecule has 2 aliphatic rings. The second-order valence-electron chi connectivity index (χ2n) is 9.22. The zero-order valence-electron chi connectivity index (χ0n) is 20.0. The molecule has 33 heavy (non-hydrogen) atoms. The zero-order chi connectivity index (χ0) is 23.9. The van der Waals surface area contributed by atoms with E-state index in [4.69, 9.17) is 16.3 Å². The molecular formula is C26H32ClN3O3. The zero-order valence-corrected chi connectivity index (χ0v) is 20.8. The molecule has 2 atom stereocenters. The summed E-state index contributed by atoms with van der Waals surface area (Å²) in [5.41, 5.74) is 4.17. The van der Waals surface area contributed by atoms with Crippen LogP contribution in [0.4, 0.5) is 11.4 Å². The maximum absolute atomic E-state index is 13.4. The Balaban J connectivity index is 1.64. The fourth-order valence-corrected chi connectivity index (χ4v) is 5.37. The number of hydrogen-bond donors (Lipinski definition) is 0. The SMILES string of the molecule is COc1cc2c(cc1N1C[C@@H](C)N(C)[C@@H](C)C1)N(C(=O)Cc1cccc(Cl)c1C(C)=O)CC2. The number of nitrogens with zero attached hydrogens (tertiary/aromatic N) is 3. The largest absolute Gasteiger partial charge is 0.495 e. The van der Waals surface area contributed by atoms with E-state index in [9.17, 15) is 9.59 Å². The van der Waals surface area contributed by atoms with Crippen LogP contribution in [0.3, 0.4) is 0 Å². The number of ether oxygens (including phenoxy) is 1. The van der Waals surface area contributed by atoms with Crippen LogP contribution in [0.25, 0.3) is 0 Å². The van der Waals surface area contributed by atoms with Crippen molar-refractivity contribution in [3.05, 3.63) is 52.0 Å². The third-order valence-electron chi connectivity index (χ3n) is 7.07. The number of carbonyl (C=O) groups excluding carboxylic acids is 2. The van der Waals surface area contributed by atoms with E-state index >= 15 is 0 Å². The van der Waals surface area contributed by atoms with E-state index < -0.39 is 0 Å². The molecule has 176 valence electrons. The Hall–Kier alpha value is -2.57. The van der Waals surface area contributed by atoms with Crippen molar-refractivity contribution in [1.29, 1.82) is 0 Å². The number of benzene rings is 2. The van der Waals surface area contributed by atoms with Gasteiger partial charge in [-0.05, 0) is 63.6 Å². The first-order chi connectivity index (χ1) is 15.7. The van der Waals surface area contributed by atoms with Crippen LogP contribution in [-0.4, -0.2) is 62.5 Å². The minimum atomic E-state index is -0.129. The summed E-state index contributed by atoms with van der Waals surface area (Å²) >= 11 is 6.25. The third-order valence-corrected chi connectivity index (χ3v) is 7.39. The lowest BCUT2D eigenvalue weighted by Gasteiger charge is -2.44. The third kappa shape index (κ3) is 4.46. The van der Waals surface area contributed by atoms with Gasteiger partial charge in [-0.1, -0.05) is 23.7 Å². The number of piperazine rings is 1. The van der Waals surface area contributed by atoms with Crippen molar-refractivity contribution in [1.82, 2.24) is 4.90 Å². The van der Waals surface area contributed by atoms with Crippen molar-refractivity contribution < 1.29 is 14.3 Å². The average Bonchev–Trinajstić information content (AvgIpc) is 3.19. The van der Waals surface area contributed by atoms with Gasteiger partial charge in [-0.25, -0.2) is 0 Å². The Morgan fingerprint density at radius 3 is 2.45 bits per heavy atom. The molecule has 6 nitrogen and oxygen atoms in total. The Labute approximate surface area is 201 Å². The standard InChI is InChI=1S/C26H32ClN3O3/c1-16-14-29(15-17(2)28(16)4)23-13-22-19(11-24(23)33-5)9-10-30(22)25(32)12-20-7-6-8-21(27)26(20)18(3)31/h6-8,11,13,16-17H,9-10,12,14-15H2,1-5H3/t16-,17+. The van der Waals surface area contributed by atoms with Crippen LogP contribution >= 0.6 is 11.6 Å². The number of methoxy groups -OCH3 is 1. The highest BCUT2D eigenvalue weighted by molar-refractivity contribution is 6.34. The quantitative estimate of drug-likeness (QED) is 0.614. The number of amides is 1. The van der Waals surface area contributed by atoms with Gasteiger partial charge in [0, 0.05) is 43.0 Å². The van der Waals surface area contributed by atoms with Crippen LogP contribution in [0.1, 0.15) is 42.3 Å². The second-order valence-corrected chi connectivity index (χ2v) is 9.63. The summed E-state index contributed by atoms with van der Waals surface area (Å²) in [6.07, 6.45) is 0.918. The second kappa shape index (κ2) is 9.35. The molecule has 0 radical (unpaired) electrons. The van der Waals surface area contributed by atoms with Gasteiger partial charge in [0.15, 0.2) is 5.78 Å². The number of fused-ring (bicyclic) bond motifs is 1. The van der Waals surface area contributed by atoms with Crippen LogP contribution in [0, 0.1) is 0 Å². The van der Waals surface area contributed by atoms with Crippen LogP contribution in [0.2, 0.25) is 5.02 Å². The molecule has 7 heteroatoms. The molecule has 0 N–H and O–H groups in total. The van der Waals surface area contributed by atoms with Crippen LogP contribution in [0.15, 0.2) is 30.3 Å². The topological polar surface area (TPSA) is 53.1 Å². The molecule has 1 saturated heterocycles. The number of carbonyl (C=O) groups is 2. The van der Waals surface area contributed by atoms with Gasteiger partial charge in [-0.15, -0.1) is 0 Å². The predicted molar refractivity (Wildman–Crippen MR) is 133 cm³/mol. The highest BCUT2D eigenvalue weighted by Gasteiger charge is 2.32. The Bertz CT molecular complexity index is 1070. The summed E-state index contributed by atoms with van der Waals surface area (Å²) in [6.45, 7) is 8.36. The van der Waals surface area contributed by atoms with Gasteiger partial charge in [0.2, 0.25) is 5.91 Å². The lowest BCUT2D eigenvalue weighted by Crippen LogP contribution is -2.55. The van der Waals surface area contributed by atoms with Gasteiger partial charge in [-0.3, -0.25) is 14.5 Å². The van der Waals surface area contributed by atoms with Gasteiger partial charge in [0.25, 0.3) is 0 Å². The van der Waals surface area contributed by atoms with Crippen molar-refractivity contribution in [2.24, 2.45) is 0 Å². The first-order valence-corrected chi connectivity index (χ1v) is 11.9. The minimum absolute atomic E-state index is 0.0326. The molecule has 0 aliphatic carbocycles. The number of likely N-dealkylation sites (N-methyl/N-ethyl adjacent to an activating group) is 1. The van der Waals surface area contributed by atoms with E-state index in [2.05, 4.69) is 42.8 Å². The fraction of sp³-hybridized carbons (Fsp3) is 0.462. The Morgan fingerprint density at radius 1 is 1.12 bits per heavy atom. The molecule has 1 amide bonds. The number of hydrogen-bond acceptors (Lipinski definition) is 5. The van der Waals surface area contributed by atoms with Gasteiger partial charge in [0.05, 0.1) is 24.2 Å². The molecule has 4 rings (SSSR count). The van der Waals surface area contributed by atoms with E-state index in [1.165, 1.54) is 6.92 Å². The summed E-state index contributed by atoms with van der Waals surface area (Å²) < 4.78 is 5.76. The number of rotatable bonds is 5. The molecule has 0 unspecified atom stereocenters. The van der Waals surface area contributed by atoms with E-state index in [0.717, 1.165) is 42.2 Å². The van der Waals surface area contributed by atoms with Crippen molar-refractivity contribution in [3.63, 3.8) is 0 Å². The van der Waals surface area contributed by atoms with Gasteiger partial charge in [-0.2, -0.15) is 0 Å². The van der Waals surface area contributed by atoms with Crippen molar-refractivity contribution in [2.75, 3.05) is 43.6 Å². The van der Waals surface area contributed by atoms with Gasteiger partial charge in [0.1, 0.15) is 5.75 Å². The molecule has 0 saturated carbocycles. The lowest BCUT2D eigenvalue weighted by molar-refractivity contribution is -0.117. The molecule has 0 bridgehead atoms. The van der Waals surface area contributed by atoms with E-state index in [-0.39, 0.29) is 18.1 Å². The minimum Gasteiger partial charge on any atom is -0.495 e. The van der Waals surface area contributed by atoms with Crippen molar-refractivity contribution in [3.8, 4) is 5.75 Å². The van der Waals surface area contributed by atoms with Crippen LogP contribution in [-0.2, 0) is 17.6 Å². The summed E-state index contributed by atoms with van der Waals surface area (Å²) in [7, 11) is 3.87. The fourth-order valence-electron chi connectivity index (χ4n) is 5.04. The number of halogens is 1. The normalized spacial score (nSPS) is 20.7. The van der Waals surface area contributed by atoms with Crippen LogP contribution in [0.5, 0.6) is 5.75 Å². The average molecular weight is 470 g/mol. The Kier molecular flexibility index (Phi) is 6.68. The number of Topliss-reactive ketones (excluding diaryl/α,β-unsaturated/α-hetero) is 1. The predicted octanol–water partition coefficient (Wildman–Crippen LogP) is 4.21. The maximum atomic E-state index is 13.4. The lowest BCUT2D eigenvalue weighted by atomic mass is 10.0. The monoisotopic (exact) mass is 469 g/mol. The summed E-state index contributed by atoms with van der Waals surface area (Å²) in [6, 6.07) is 10.3. The molecule has 0 spiro atoms. The molecule has 2 heterocycles. The number of anilines is 2. The Morgan fingerprint density at radius 2 is 1.82 bits per heavy atom. The highest BCUT2D eigenvalue weighted by Crippen LogP contribution is 2.40.